The van der Waals surface area contributed by atoms with Gasteiger partial charge in [0.15, 0.2) is 0 Å². The molecule has 0 aromatic carbocycles. The minimum Gasteiger partial charge on any atom is -0.467 e. The lowest BCUT2D eigenvalue weighted by atomic mass is 9.87. The number of anilines is 2. The van der Waals surface area contributed by atoms with Crippen molar-refractivity contribution in [2.24, 2.45) is 0 Å². The molecule has 1 N–H and O–H groups in total. The van der Waals surface area contributed by atoms with Crippen LogP contribution in [-0.4, -0.2) is 85.5 Å². The number of hydrogen-bond donors (Lipinski definition) is 1. The monoisotopic (exact) mass is 523 g/mol. The van der Waals surface area contributed by atoms with E-state index in [-0.39, 0.29) is 0 Å². The van der Waals surface area contributed by atoms with Gasteiger partial charge in [-0.15, -0.1) is 0 Å². The summed E-state index contributed by atoms with van der Waals surface area (Å²) in [6.07, 6.45) is 10.3. The fourth-order valence-corrected chi connectivity index (χ4v) is 6.15. The van der Waals surface area contributed by atoms with Gasteiger partial charge in [0.1, 0.15) is 11.9 Å². The Labute approximate surface area is 225 Å². The van der Waals surface area contributed by atoms with Gasteiger partial charge in [-0.25, -0.2) is 19.5 Å². The van der Waals surface area contributed by atoms with Gasteiger partial charge >= 0.3 is 6.01 Å². The molecule has 0 spiro atoms. The lowest BCUT2D eigenvalue weighted by Crippen LogP contribution is -2.68. The fourth-order valence-electron chi connectivity index (χ4n) is 6.15. The summed E-state index contributed by atoms with van der Waals surface area (Å²) in [6, 6.07) is 9.82. The molecule has 2 bridgehead atoms. The van der Waals surface area contributed by atoms with Crippen LogP contribution >= 0.6 is 0 Å². The van der Waals surface area contributed by atoms with Crippen LogP contribution in [0, 0.1) is 11.3 Å². The number of aromatic nitrogens is 5. The fraction of sp³-hybridized carbons (Fsp3) is 0.393. The Morgan fingerprint density at radius 1 is 1.08 bits per heavy atom. The number of piperazine rings is 1. The molecule has 4 saturated heterocycles. The first-order valence-electron chi connectivity index (χ1n) is 13.1. The van der Waals surface area contributed by atoms with Crippen LogP contribution in [0.1, 0.15) is 24.5 Å². The van der Waals surface area contributed by atoms with E-state index < -0.39 is 5.60 Å². The molecule has 4 fully saturated rings. The third-order valence-corrected chi connectivity index (χ3v) is 8.10. The van der Waals surface area contributed by atoms with Gasteiger partial charge in [-0.05, 0) is 31.5 Å². The predicted octanol–water partition coefficient (Wildman–Crippen LogP) is 2.10. The van der Waals surface area contributed by atoms with Gasteiger partial charge in [-0.1, -0.05) is 0 Å². The second-order valence-electron chi connectivity index (χ2n) is 11.0. The van der Waals surface area contributed by atoms with Crippen LogP contribution in [0.5, 0.6) is 6.01 Å². The van der Waals surface area contributed by atoms with Crippen LogP contribution in [0.3, 0.4) is 0 Å². The van der Waals surface area contributed by atoms with E-state index in [1.165, 1.54) is 6.42 Å². The van der Waals surface area contributed by atoms with E-state index in [4.69, 9.17) is 9.72 Å². The Kier molecular flexibility index (Phi) is 5.43. The first-order chi connectivity index (χ1) is 18.9. The molecule has 0 radical (unpaired) electrons. The number of nitriles is 1. The van der Waals surface area contributed by atoms with E-state index in [1.54, 1.807) is 17.8 Å². The molecule has 0 saturated carbocycles. The molecule has 0 aliphatic carbocycles. The number of ether oxygens (including phenoxy) is 1. The molecule has 4 aliphatic heterocycles. The van der Waals surface area contributed by atoms with Crippen LogP contribution in [0.2, 0.25) is 0 Å². The quantitative estimate of drug-likeness (QED) is 0.402. The highest BCUT2D eigenvalue weighted by molar-refractivity contribution is 5.86. The van der Waals surface area contributed by atoms with E-state index in [0.717, 1.165) is 53.3 Å². The third kappa shape index (κ3) is 4.13. The van der Waals surface area contributed by atoms with Crippen molar-refractivity contribution in [2.45, 2.75) is 37.6 Å². The van der Waals surface area contributed by atoms with Crippen LogP contribution in [0.4, 0.5) is 11.5 Å². The average Bonchev–Trinajstić information content (AvgIpc) is 3.38. The van der Waals surface area contributed by atoms with Crippen molar-refractivity contribution in [2.75, 3.05) is 43.1 Å². The van der Waals surface area contributed by atoms with Crippen molar-refractivity contribution in [1.29, 1.82) is 5.26 Å². The summed E-state index contributed by atoms with van der Waals surface area (Å²) in [5.74, 6) is 0.959. The highest BCUT2D eigenvalue weighted by atomic mass is 16.5. The second kappa shape index (κ2) is 8.90. The van der Waals surface area contributed by atoms with Crippen molar-refractivity contribution < 1.29 is 9.84 Å². The van der Waals surface area contributed by atoms with E-state index in [9.17, 15) is 10.4 Å². The van der Waals surface area contributed by atoms with Gasteiger partial charge in [-0.2, -0.15) is 10.4 Å². The minimum absolute atomic E-state index is 0.390. The molecule has 11 nitrogen and oxygen atoms in total. The van der Waals surface area contributed by atoms with Crippen molar-refractivity contribution in [3.8, 4) is 23.2 Å². The summed E-state index contributed by atoms with van der Waals surface area (Å²) in [4.78, 5) is 20.3. The van der Waals surface area contributed by atoms with Crippen molar-refractivity contribution >= 4 is 17.0 Å². The highest BCUT2D eigenvalue weighted by Gasteiger charge is 2.44. The summed E-state index contributed by atoms with van der Waals surface area (Å²) >= 11 is 0. The van der Waals surface area contributed by atoms with Crippen molar-refractivity contribution in [3.63, 3.8) is 0 Å². The zero-order valence-corrected chi connectivity index (χ0v) is 21.9. The molecule has 2 unspecified atom stereocenters. The number of β-amino-alcohol motifs (C(OH)–C–C–N with tert-alkyl or cyclic N) is 1. The zero-order chi connectivity index (χ0) is 26.7. The lowest BCUT2D eigenvalue weighted by Gasteiger charge is -2.56. The number of aliphatic hydroxyl groups is 1. The van der Waals surface area contributed by atoms with E-state index in [0.29, 0.717) is 36.7 Å². The van der Waals surface area contributed by atoms with Crippen LogP contribution in [0.15, 0.2) is 49.2 Å². The summed E-state index contributed by atoms with van der Waals surface area (Å²) < 4.78 is 6.82. The second-order valence-corrected chi connectivity index (χ2v) is 11.0. The number of rotatable bonds is 6. The maximum atomic E-state index is 10.2. The summed E-state index contributed by atoms with van der Waals surface area (Å²) in [5, 5.41) is 24.4. The number of hydrogen-bond acceptors (Lipinski definition) is 10. The molecular formula is C28H29N9O2. The summed E-state index contributed by atoms with van der Waals surface area (Å²) in [6.45, 7) is 5.64. The highest BCUT2D eigenvalue weighted by Crippen LogP contribution is 2.37. The van der Waals surface area contributed by atoms with Gasteiger partial charge in [0, 0.05) is 80.1 Å². The number of nitrogens with zero attached hydrogens (tertiary/aromatic N) is 9. The number of methoxy groups -OCH3 is 1. The van der Waals surface area contributed by atoms with Crippen LogP contribution in [-0.2, 0) is 6.54 Å². The molecule has 198 valence electrons. The van der Waals surface area contributed by atoms with Gasteiger partial charge in [0.2, 0.25) is 0 Å². The predicted molar refractivity (Wildman–Crippen MR) is 145 cm³/mol. The van der Waals surface area contributed by atoms with E-state index in [1.807, 2.05) is 31.7 Å². The van der Waals surface area contributed by atoms with Crippen LogP contribution in [0.25, 0.3) is 16.6 Å². The molecular weight excluding hydrogens is 494 g/mol. The third-order valence-electron chi connectivity index (χ3n) is 8.10. The Hall–Kier alpha value is -4.27. The molecule has 4 aromatic rings. The molecule has 4 aromatic heterocycles. The summed E-state index contributed by atoms with van der Waals surface area (Å²) in [5.41, 5.74) is 4.48. The largest absolute Gasteiger partial charge is 0.467 e. The number of pyridine rings is 2. The normalized spacial score (nSPS) is 21.8. The van der Waals surface area contributed by atoms with Gasteiger partial charge in [-0.3, -0.25) is 4.90 Å². The Balaban J connectivity index is 1.10. The molecule has 8 rings (SSSR count). The minimum atomic E-state index is -0.687. The molecule has 4 aliphatic rings. The van der Waals surface area contributed by atoms with E-state index in [2.05, 4.69) is 54.0 Å². The van der Waals surface area contributed by atoms with Crippen molar-refractivity contribution in [1.82, 2.24) is 29.5 Å². The lowest BCUT2D eigenvalue weighted by molar-refractivity contribution is -0.00886. The smallest absolute Gasteiger partial charge is 0.316 e. The van der Waals surface area contributed by atoms with Gasteiger partial charge in [0.25, 0.3) is 0 Å². The van der Waals surface area contributed by atoms with Crippen LogP contribution < -0.4 is 14.5 Å². The SMILES string of the molecule is COc1ncc(CN2C3CC2CN(c2ccc(-c4cc(N5CC(C)(O)C5)cn5ncc(C#N)c45)cn2)C3)cn1. The topological polar surface area (TPSA) is 119 Å². The first-order valence-corrected chi connectivity index (χ1v) is 13.1. The molecule has 2 atom stereocenters. The molecule has 0 amide bonds. The molecule has 11 heteroatoms. The zero-order valence-electron chi connectivity index (χ0n) is 21.9. The average molecular weight is 524 g/mol. The van der Waals surface area contributed by atoms with Crippen molar-refractivity contribution in [3.05, 3.63) is 60.3 Å². The van der Waals surface area contributed by atoms with Gasteiger partial charge in [0.05, 0.1) is 41.9 Å². The number of piperidine rings is 1. The van der Waals surface area contributed by atoms with E-state index >= 15 is 0 Å². The van der Waals surface area contributed by atoms with Gasteiger partial charge < -0.3 is 19.6 Å². The Morgan fingerprint density at radius 3 is 2.49 bits per heavy atom. The standard InChI is InChI=1S/C28H29N9O2/c1-28(38)16-35(17-28)21-6-24(26-20(7-29)11-33-37(26)15-21)19-3-4-25(30-10-19)34-13-22-5-23(14-34)36(22)12-18-8-31-27(39-2)32-9-18/h3-4,6,8-11,15,22-23,38H,5,12-14,16-17H2,1-2H3. The Morgan fingerprint density at radius 2 is 1.85 bits per heavy atom. The molecule has 39 heavy (non-hydrogen) atoms. The Bertz CT molecular complexity index is 1560. The first kappa shape index (κ1) is 23.8. The molecule has 8 heterocycles. The maximum absolute atomic E-state index is 10.2. The summed E-state index contributed by atoms with van der Waals surface area (Å²) in [7, 11) is 1.57. The maximum Gasteiger partial charge on any atom is 0.316 e. The number of fused-ring (bicyclic) bond motifs is 3.